The lowest BCUT2D eigenvalue weighted by molar-refractivity contribution is 0.102. The van der Waals surface area contributed by atoms with Crippen LogP contribution in [0.1, 0.15) is 47.8 Å². The summed E-state index contributed by atoms with van der Waals surface area (Å²) in [5.41, 5.74) is 0.228. The van der Waals surface area contributed by atoms with Crippen molar-refractivity contribution >= 4 is 32.4 Å². The molecule has 1 heterocycles. The van der Waals surface area contributed by atoms with Crippen molar-refractivity contribution < 1.29 is 17.9 Å². The first kappa shape index (κ1) is 20.8. The molecule has 2 N–H and O–H groups in total. The van der Waals surface area contributed by atoms with Crippen molar-refractivity contribution in [1.82, 2.24) is 9.71 Å². The van der Waals surface area contributed by atoms with E-state index in [1.54, 1.807) is 6.20 Å². The molecule has 1 aromatic heterocycles. The summed E-state index contributed by atoms with van der Waals surface area (Å²) in [6, 6.07) is 4.28. The number of nitrogens with zero attached hydrogens (tertiary/aromatic N) is 1. The van der Waals surface area contributed by atoms with Gasteiger partial charge in [-0.25, -0.2) is 18.1 Å². The van der Waals surface area contributed by atoms with E-state index < -0.39 is 15.9 Å². The van der Waals surface area contributed by atoms with Crippen LogP contribution in [0, 0.1) is 12.8 Å². The van der Waals surface area contributed by atoms with Crippen LogP contribution >= 0.6 is 11.3 Å². The van der Waals surface area contributed by atoms with Crippen LogP contribution in [0.4, 0.5) is 5.13 Å². The number of benzene rings is 1. The third-order valence-corrected chi connectivity index (χ3v) is 7.31. The zero-order chi connectivity index (χ0) is 20.3. The Morgan fingerprint density at radius 1 is 1.29 bits per heavy atom. The fourth-order valence-corrected chi connectivity index (χ4v) is 5.60. The van der Waals surface area contributed by atoms with Crippen LogP contribution in [0.3, 0.4) is 0 Å². The van der Waals surface area contributed by atoms with Gasteiger partial charge in [0.25, 0.3) is 5.91 Å². The minimum Gasteiger partial charge on any atom is -0.495 e. The number of amides is 1. The molecule has 0 spiro atoms. The van der Waals surface area contributed by atoms with Crippen LogP contribution in [0.5, 0.6) is 5.75 Å². The number of sulfonamides is 1. The molecule has 28 heavy (non-hydrogen) atoms. The summed E-state index contributed by atoms with van der Waals surface area (Å²) in [6.07, 6.45) is 5.60. The Bertz CT molecular complexity index is 956. The molecule has 1 aliphatic rings. The van der Waals surface area contributed by atoms with Gasteiger partial charge in [0.05, 0.1) is 7.11 Å². The van der Waals surface area contributed by atoms with Gasteiger partial charge in [0.15, 0.2) is 5.13 Å². The molecule has 0 saturated heterocycles. The first-order valence-electron chi connectivity index (χ1n) is 9.24. The highest BCUT2D eigenvalue weighted by Gasteiger charge is 2.29. The Morgan fingerprint density at radius 3 is 2.68 bits per heavy atom. The summed E-state index contributed by atoms with van der Waals surface area (Å²) < 4.78 is 34.1. The predicted molar refractivity (Wildman–Crippen MR) is 110 cm³/mol. The van der Waals surface area contributed by atoms with E-state index in [9.17, 15) is 13.2 Å². The number of hydrogen-bond donors (Lipinski definition) is 2. The van der Waals surface area contributed by atoms with E-state index >= 15 is 0 Å². The van der Waals surface area contributed by atoms with Crippen LogP contribution in [0.15, 0.2) is 29.3 Å². The quantitative estimate of drug-likeness (QED) is 0.740. The lowest BCUT2D eigenvalue weighted by atomic mass is 9.87. The van der Waals surface area contributed by atoms with Crippen molar-refractivity contribution in [3.63, 3.8) is 0 Å². The molecular formula is C19H25N3O4S2. The van der Waals surface area contributed by atoms with Crippen molar-refractivity contribution in [3.05, 3.63) is 34.8 Å². The second-order valence-electron chi connectivity index (χ2n) is 7.09. The Labute approximate surface area is 169 Å². The molecule has 2 atom stereocenters. The van der Waals surface area contributed by atoms with E-state index in [-0.39, 0.29) is 28.2 Å². The van der Waals surface area contributed by atoms with Gasteiger partial charge in [-0.1, -0.05) is 19.8 Å². The topological polar surface area (TPSA) is 97.4 Å². The number of nitrogens with one attached hydrogen (secondary N) is 2. The van der Waals surface area contributed by atoms with Gasteiger partial charge >= 0.3 is 0 Å². The van der Waals surface area contributed by atoms with Crippen molar-refractivity contribution in [2.24, 2.45) is 5.92 Å². The van der Waals surface area contributed by atoms with E-state index in [0.717, 1.165) is 30.6 Å². The van der Waals surface area contributed by atoms with Gasteiger partial charge in [-0.05, 0) is 43.9 Å². The number of thiazole rings is 1. The highest BCUT2D eigenvalue weighted by molar-refractivity contribution is 7.89. The third-order valence-electron chi connectivity index (χ3n) is 4.98. The van der Waals surface area contributed by atoms with Gasteiger partial charge < -0.3 is 4.74 Å². The van der Waals surface area contributed by atoms with Gasteiger partial charge in [0.1, 0.15) is 10.6 Å². The first-order valence-corrected chi connectivity index (χ1v) is 11.5. The van der Waals surface area contributed by atoms with Crippen LogP contribution in [0.2, 0.25) is 0 Å². The molecule has 1 aliphatic carbocycles. The van der Waals surface area contributed by atoms with E-state index in [1.165, 1.54) is 36.6 Å². The summed E-state index contributed by atoms with van der Waals surface area (Å²) in [5.74, 6) is 0.0613. The predicted octanol–water partition coefficient (Wildman–Crippen LogP) is 3.57. The Morgan fingerprint density at radius 2 is 2.04 bits per heavy atom. The molecule has 1 aromatic carbocycles. The molecule has 3 rings (SSSR count). The fourth-order valence-electron chi connectivity index (χ4n) is 3.36. The monoisotopic (exact) mass is 423 g/mol. The van der Waals surface area contributed by atoms with Crippen molar-refractivity contribution in [1.29, 1.82) is 0 Å². The SMILES string of the molecule is COc1ccc(C(=O)Nc2ncc(C)s2)cc1S(=O)(=O)N[C@@H]1CCCC[C@@H]1C. The largest absolute Gasteiger partial charge is 0.495 e. The molecule has 0 radical (unpaired) electrons. The molecule has 0 bridgehead atoms. The Balaban J connectivity index is 1.86. The number of aryl methyl sites for hydroxylation is 1. The van der Waals surface area contributed by atoms with E-state index in [1.807, 2.05) is 6.92 Å². The third kappa shape index (κ3) is 4.71. The molecule has 2 aromatic rings. The molecule has 7 nitrogen and oxygen atoms in total. The van der Waals surface area contributed by atoms with E-state index in [2.05, 4.69) is 21.9 Å². The van der Waals surface area contributed by atoms with Gasteiger partial charge in [-0.15, -0.1) is 11.3 Å². The number of anilines is 1. The number of hydrogen-bond acceptors (Lipinski definition) is 6. The number of methoxy groups -OCH3 is 1. The van der Waals surface area contributed by atoms with Crippen molar-refractivity contribution in [2.45, 2.75) is 50.5 Å². The standard InChI is InChI=1S/C19H25N3O4S2/c1-12-6-4-5-7-15(12)22-28(24,25)17-10-14(8-9-16(17)26-3)18(23)21-19-20-11-13(2)27-19/h8-12,15,22H,4-7H2,1-3H3,(H,20,21,23)/t12-,15+/m0/s1. The zero-order valence-electron chi connectivity index (χ0n) is 16.2. The average Bonchev–Trinajstić information content (AvgIpc) is 3.07. The maximum absolute atomic E-state index is 13.0. The van der Waals surface area contributed by atoms with Crippen LogP contribution < -0.4 is 14.8 Å². The summed E-state index contributed by atoms with van der Waals surface area (Å²) in [4.78, 5) is 17.6. The van der Waals surface area contributed by atoms with Gasteiger partial charge in [-0.2, -0.15) is 0 Å². The number of ether oxygens (including phenoxy) is 1. The second-order valence-corrected chi connectivity index (χ2v) is 10.0. The van der Waals surface area contributed by atoms with Crippen LogP contribution in [0.25, 0.3) is 0 Å². The summed E-state index contributed by atoms with van der Waals surface area (Å²) in [5, 5.41) is 3.17. The molecule has 1 amide bonds. The maximum atomic E-state index is 13.0. The van der Waals surface area contributed by atoms with Gasteiger partial charge in [0.2, 0.25) is 10.0 Å². The fraction of sp³-hybridized carbons (Fsp3) is 0.474. The van der Waals surface area contributed by atoms with Gasteiger partial charge in [0, 0.05) is 22.7 Å². The van der Waals surface area contributed by atoms with E-state index in [0.29, 0.717) is 5.13 Å². The first-order chi connectivity index (χ1) is 13.3. The minimum atomic E-state index is -3.83. The molecule has 0 aliphatic heterocycles. The van der Waals surface area contributed by atoms with Crippen molar-refractivity contribution in [2.75, 3.05) is 12.4 Å². The molecule has 1 saturated carbocycles. The zero-order valence-corrected chi connectivity index (χ0v) is 17.8. The number of carbonyl (C=O) groups excluding carboxylic acids is 1. The van der Waals surface area contributed by atoms with Crippen LogP contribution in [-0.4, -0.2) is 32.5 Å². The number of rotatable bonds is 6. The molecule has 0 unspecified atom stereocenters. The Hall–Kier alpha value is -1.97. The van der Waals surface area contributed by atoms with Gasteiger partial charge in [-0.3, -0.25) is 10.1 Å². The maximum Gasteiger partial charge on any atom is 0.257 e. The van der Waals surface area contributed by atoms with Crippen LogP contribution in [-0.2, 0) is 10.0 Å². The van der Waals surface area contributed by atoms with E-state index in [4.69, 9.17) is 4.74 Å². The summed E-state index contributed by atoms with van der Waals surface area (Å²) in [6.45, 7) is 3.95. The minimum absolute atomic E-state index is 0.0317. The Kier molecular flexibility index (Phi) is 6.36. The second kappa shape index (κ2) is 8.59. The van der Waals surface area contributed by atoms with Crippen molar-refractivity contribution in [3.8, 4) is 5.75 Å². The molecule has 9 heteroatoms. The summed E-state index contributed by atoms with van der Waals surface area (Å²) in [7, 11) is -2.42. The smallest absolute Gasteiger partial charge is 0.257 e. The summed E-state index contributed by atoms with van der Waals surface area (Å²) >= 11 is 1.35. The average molecular weight is 424 g/mol. The number of aromatic nitrogens is 1. The number of carbonyl (C=O) groups is 1. The molecule has 152 valence electrons. The molecular weight excluding hydrogens is 398 g/mol. The highest BCUT2D eigenvalue weighted by atomic mass is 32.2. The highest BCUT2D eigenvalue weighted by Crippen LogP contribution is 2.29. The lowest BCUT2D eigenvalue weighted by Gasteiger charge is -2.29. The molecule has 1 fully saturated rings. The normalized spacial score (nSPS) is 20.0. The lowest BCUT2D eigenvalue weighted by Crippen LogP contribution is -2.41.